The number of hydrogen-bond acceptors (Lipinski definition) is 12. The standard InChI is InChI=1S/3C28H39N3O2/c2*1-17(31-25-7-5-4-6-24(25)29-30-31)26(32)23-11-10-22-21-9-8-18-16-27(2,33)14-12-19(18)20(21)13-15-28(22,23)3;1-17(31-29-24-6-4-5-7-25(24)30-31)26(32)23-11-10-22-21-9-8-18-16-27(2,33)14-12-19(18)20(21)13-15-28(22,23)3/h3*4-7,17-23,33H,8-16H2,1-3H3/t17-,18+,19+,20-,21-,22+,23-,27-,28+;2*17-,18-,19-,20+,21+,22-,23+,27+,28-/m100/s1. The lowest BCUT2D eigenvalue weighted by atomic mass is 9.49. The summed E-state index contributed by atoms with van der Waals surface area (Å²) in [5.41, 5.74) is 4.33. The van der Waals surface area contributed by atoms with Crippen LogP contribution in [0.3, 0.4) is 0 Å². The van der Waals surface area contributed by atoms with Gasteiger partial charge in [-0.1, -0.05) is 67.6 Å². The van der Waals surface area contributed by atoms with E-state index in [0.29, 0.717) is 52.9 Å². The molecule has 0 spiro atoms. The van der Waals surface area contributed by atoms with Gasteiger partial charge in [0.25, 0.3) is 0 Å². The van der Waals surface area contributed by atoms with Gasteiger partial charge >= 0.3 is 0 Å². The molecule has 99 heavy (non-hydrogen) atoms. The minimum Gasteiger partial charge on any atom is -0.390 e. The quantitative estimate of drug-likeness (QED) is 0.124. The van der Waals surface area contributed by atoms with Crippen LogP contribution in [0.2, 0.25) is 0 Å². The van der Waals surface area contributed by atoms with Gasteiger partial charge in [-0.05, 0) is 356 Å². The van der Waals surface area contributed by atoms with Crippen LogP contribution in [0.25, 0.3) is 33.1 Å². The first-order valence-electron chi connectivity index (χ1n) is 40.0. The topological polar surface area (TPSA) is 204 Å². The number of rotatable bonds is 9. The van der Waals surface area contributed by atoms with E-state index in [1.165, 1.54) is 116 Å². The molecule has 15 nitrogen and oxygen atoms in total. The van der Waals surface area contributed by atoms with E-state index in [1.807, 2.05) is 124 Å². The Morgan fingerprint density at radius 1 is 0.364 bits per heavy atom. The third-order valence-corrected chi connectivity index (χ3v) is 32.1. The lowest BCUT2D eigenvalue weighted by Crippen LogP contribution is -2.51. The largest absolute Gasteiger partial charge is 0.390 e. The van der Waals surface area contributed by atoms with Gasteiger partial charge in [0.15, 0.2) is 17.3 Å². The Labute approximate surface area is 588 Å². The van der Waals surface area contributed by atoms with Gasteiger partial charge < -0.3 is 15.3 Å². The van der Waals surface area contributed by atoms with Crippen LogP contribution in [-0.4, -0.2) is 94.5 Å². The highest BCUT2D eigenvalue weighted by Gasteiger charge is 2.63. The molecule has 6 aromatic rings. The Morgan fingerprint density at radius 2 is 0.667 bits per heavy atom. The molecule has 0 aliphatic heterocycles. The summed E-state index contributed by atoms with van der Waals surface area (Å²) in [5, 5.41) is 58.5. The Hall–Kier alpha value is -5.25. The molecule has 534 valence electrons. The summed E-state index contributed by atoms with van der Waals surface area (Å²) < 4.78 is 3.69. The molecule has 15 heteroatoms. The van der Waals surface area contributed by atoms with Crippen LogP contribution in [-0.2, 0) is 14.4 Å². The van der Waals surface area contributed by atoms with Gasteiger partial charge in [0, 0.05) is 17.8 Å². The summed E-state index contributed by atoms with van der Waals surface area (Å²) in [6.45, 7) is 19.5. The van der Waals surface area contributed by atoms with Gasteiger partial charge in [-0.15, -0.1) is 10.2 Å². The van der Waals surface area contributed by atoms with Crippen LogP contribution in [0.1, 0.15) is 254 Å². The molecular weight excluding hydrogens is 1230 g/mol. The predicted octanol–water partition coefficient (Wildman–Crippen LogP) is 16.7. The summed E-state index contributed by atoms with van der Waals surface area (Å²) in [6, 6.07) is 22.9. The molecule has 3 N–H and O–H groups in total. The number of benzene rings is 3. The summed E-state index contributed by atoms with van der Waals surface area (Å²) >= 11 is 0. The Kier molecular flexibility index (Phi) is 17.6. The normalized spacial score (nSPS) is 43.5. The summed E-state index contributed by atoms with van der Waals surface area (Å²) in [6.07, 6.45) is 31.2. The van der Waals surface area contributed by atoms with Crippen LogP contribution in [0.5, 0.6) is 0 Å². The van der Waals surface area contributed by atoms with Gasteiger partial charge in [-0.3, -0.25) is 14.4 Å². The molecule has 12 saturated carbocycles. The second-order valence-electron chi connectivity index (χ2n) is 37.3. The van der Waals surface area contributed by atoms with Crippen molar-refractivity contribution in [3.63, 3.8) is 0 Å². The molecule has 0 saturated heterocycles. The summed E-state index contributed by atoms with van der Waals surface area (Å²) in [7, 11) is 0. The third kappa shape index (κ3) is 11.8. The van der Waals surface area contributed by atoms with Gasteiger partial charge in [-0.2, -0.15) is 15.0 Å². The Bertz CT molecular complexity index is 3770. The zero-order valence-electron chi connectivity index (χ0n) is 61.2. The zero-order chi connectivity index (χ0) is 68.9. The molecule has 0 amide bonds. The number of hydrogen-bond donors (Lipinski definition) is 3. The van der Waals surface area contributed by atoms with Crippen molar-refractivity contribution in [1.29, 1.82) is 0 Å². The summed E-state index contributed by atoms with van der Waals surface area (Å²) in [5.74, 6) is 12.7. The van der Waals surface area contributed by atoms with Crippen LogP contribution in [0.15, 0.2) is 72.8 Å². The van der Waals surface area contributed by atoms with Crippen LogP contribution < -0.4 is 0 Å². The van der Waals surface area contributed by atoms with E-state index in [2.05, 4.69) is 51.6 Å². The molecule has 3 aromatic carbocycles. The molecule has 0 bridgehead atoms. The number of carbonyl (C=O) groups excluding carboxylic acids is 3. The van der Waals surface area contributed by atoms with Crippen molar-refractivity contribution in [2.45, 2.75) is 271 Å². The molecule has 27 atom stereocenters. The Morgan fingerprint density at radius 3 is 1.01 bits per heavy atom. The molecule has 18 rings (SSSR count). The maximum Gasteiger partial charge on any atom is 0.162 e. The van der Waals surface area contributed by atoms with Crippen molar-refractivity contribution in [1.82, 2.24) is 45.0 Å². The number of para-hydroxylation sites is 2. The Balaban J connectivity index is 0.000000116. The molecular formula is C84H117N9O6. The highest BCUT2D eigenvalue weighted by atomic mass is 16.3. The number of aromatic nitrogens is 9. The highest BCUT2D eigenvalue weighted by Crippen LogP contribution is 2.69. The fourth-order valence-corrected chi connectivity index (χ4v) is 27.3. The molecule has 0 unspecified atom stereocenters. The molecule has 0 radical (unpaired) electrons. The van der Waals surface area contributed by atoms with E-state index in [0.717, 1.165) is 144 Å². The van der Waals surface area contributed by atoms with Crippen molar-refractivity contribution in [2.75, 3.05) is 0 Å². The van der Waals surface area contributed by atoms with Crippen LogP contribution in [0, 0.1) is 123 Å². The minimum absolute atomic E-state index is 0.117. The van der Waals surface area contributed by atoms with Crippen LogP contribution >= 0.6 is 0 Å². The average Bonchev–Trinajstić information content (AvgIpc) is 1.66. The lowest BCUT2D eigenvalue weighted by Gasteiger charge is -2.57. The lowest BCUT2D eigenvalue weighted by molar-refractivity contribution is -0.136. The van der Waals surface area contributed by atoms with Crippen molar-refractivity contribution in [3.8, 4) is 0 Å². The zero-order valence-corrected chi connectivity index (χ0v) is 61.2. The SMILES string of the molecule is C[C@@H](C(=O)[C@H]1CC[C@H]2[C@@H]3CC[C@H]4C[C@](C)(O)CC[C@@H]4[C@H]3CC[C@]12C)n1nc2ccccc2n1.C[C@@H](C(=O)[C@H]1CC[C@H]2[C@@H]3CC[C@H]4C[C@](C)(O)CC[C@@H]4[C@H]3CC[C@]12C)n1nnc2ccccc21.C[C@H](C(=O)[C@H]1CC[C@H]2[C@@H]3CC[C@H]4C[C@](C)(O)CC[C@@H]4[C@H]3CC[C@]12C)n1nnc2ccccc21. The molecule has 12 aliphatic rings. The monoisotopic (exact) mass is 1350 g/mol. The smallest absolute Gasteiger partial charge is 0.162 e. The molecule has 12 fully saturated rings. The number of carbonyl (C=O) groups is 3. The molecule has 3 heterocycles. The number of nitrogens with zero attached hydrogens (tertiary/aromatic N) is 9. The fraction of sp³-hybridized carbons (Fsp3) is 0.750. The highest BCUT2D eigenvalue weighted by molar-refractivity contribution is 5.89. The maximum atomic E-state index is 13.9. The van der Waals surface area contributed by atoms with E-state index in [4.69, 9.17) is 0 Å². The first-order valence-corrected chi connectivity index (χ1v) is 40.0. The predicted molar refractivity (Wildman–Crippen MR) is 385 cm³/mol. The van der Waals surface area contributed by atoms with E-state index >= 15 is 0 Å². The van der Waals surface area contributed by atoms with Gasteiger partial charge in [-0.25, -0.2) is 9.36 Å². The van der Waals surface area contributed by atoms with Crippen LogP contribution in [0.4, 0.5) is 0 Å². The fourth-order valence-electron chi connectivity index (χ4n) is 27.3. The number of ketones is 3. The van der Waals surface area contributed by atoms with E-state index < -0.39 is 16.8 Å². The van der Waals surface area contributed by atoms with Crippen molar-refractivity contribution in [3.05, 3.63) is 72.8 Å². The summed E-state index contributed by atoms with van der Waals surface area (Å²) in [4.78, 5) is 43.3. The van der Waals surface area contributed by atoms with E-state index in [1.54, 1.807) is 4.80 Å². The number of aliphatic hydroxyl groups is 3. The van der Waals surface area contributed by atoms with Gasteiger partial charge in [0.1, 0.15) is 40.2 Å². The average molecular weight is 1350 g/mol. The van der Waals surface area contributed by atoms with E-state index in [-0.39, 0.29) is 52.1 Å². The maximum absolute atomic E-state index is 13.9. The molecule has 3 aromatic heterocycles. The van der Waals surface area contributed by atoms with Gasteiger partial charge in [0.05, 0.1) is 27.8 Å². The number of Topliss-reactive ketones (excluding diaryl/α,β-unsaturated/α-hetero) is 3. The number of fused-ring (bicyclic) bond motifs is 18. The van der Waals surface area contributed by atoms with Gasteiger partial charge in [0.2, 0.25) is 0 Å². The first-order chi connectivity index (χ1) is 47.3. The molecule has 12 aliphatic carbocycles. The second-order valence-corrected chi connectivity index (χ2v) is 37.3. The second kappa shape index (κ2) is 25.6. The van der Waals surface area contributed by atoms with Crippen molar-refractivity contribution in [2.24, 2.45) is 123 Å². The first kappa shape index (κ1) is 68.2. The van der Waals surface area contributed by atoms with E-state index in [9.17, 15) is 29.7 Å². The van der Waals surface area contributed by atoms with Crippen molar-refractivity contribution < 1.29 is 29.7 Å². The van der Waals surface area contributed by atoms with Crippen molar-refractivity contribution >= 4 is 50.4 Å². The minimum atomic E-state index is -0.455. The third-order valence-electron chi connectivity index (χ3n) is 32.1.